The van der Waals surface area contributed by atoms with Gasteiger partial charge in [-0.3, -0.25) is 0 Å². The van der Waals surface area contributed by atoms with Crippen LogP contribution < -0.4 is 9.84 Å². The fraction of sp³-hybridized carbons (Fsp3) is 0.222. The van der Waals surface area contributed by atoms with Gasteiger partial charge in [0.05, 0.1) is 5.75 Å². The van der Waals surface area contributed by atoms with Crippen molar-refractivity contribution in [3.8, 4) is 5.75 Å². The minimum Gasteiger partial charge on any atom is -0.514 e. The lowest BCUT2D eigenvalue weighted by Crippen LogP contribution is -2.27. The zero-order valence-electron chi connectivity index (χ0n) is 7.29. The van der Waals surface area contributed by atoms with Crippen LogP contribution in [0.2, 0.25) is 0 Å². The summed E-state index contributed by atoms with van der Waals surface area (Å²) in [6, 6.07) is 5.00. The van der Waals surface area contributed by atoms with Gasteiger partial charge in [-0.1, -0.05) is 18.2 Å². The molecule has 14 heavy (non-hydrogen) atoms. The number of carbonyl (C=O) groups excluding carboxylic acids is 1. The average Bonchev–Trinajstić information content (AvgIpc) is 2.01. The van der Waals surface area contributed by atoms with Gasteiger partial charge >= 0.3 is 0 Å². The maximum Gasteiger partial charge on any atom is 0.272 e. The van der Waals surface area contributed by atoms with E-state index in [4.69, 9.17) is 0 Å². The Morgan fingerprint density at radius 1 is 1.43 bits per heavy atom. The second kappa shape index (κ2) is 3.61. The number of ether oxygens (including phenoxy) is 1. The summed E-state index contributed by atoms with van der Waals surface area (Å²) in [6.07, 6.45) is -1.86. The molecule has 3 nitrogen and oxygen atoms in total. The SMILES string of the molecule is CC(F)(F)c1ccccc1OC(=O)[O-]. The van der Waals surface area contributed by atoms with Gasteiger partial charge < -0.3 is 14.6 Å². The standard InChI is InChI=1S/C9H8F2O3/c1-9(10,11)6-4-2-3-5-7(6)14-8(12)13/h2-5H,1H3,(H,12,13)/p-1. The van der Waals surface area contributed by atoms with Crippen LogP contribution >= 0.6 is 0 Å². The number of rotatable bonds is 2. The quantitative estimate of drug-likeness (QED) is 0.538. The maximum absolute atomic E-state index is 12.9. The number of hydrogen-bond donors (Lipinski definition) is 0. The van der Waals surface area contributed by atoms with Gasteiger partial charge in [-0.15, -0.1) is 0 Å². The maximum atomic E-state index is 12.9. The van der Waals surface area contributed by atoms with Crippen molar-refractivity contribution in [1.82, 2.24) is 0 Å². The van der Waals surface area contributed by atoms with E-state index in [0.717, 1.165) is 12.1 Å². The zero-order valence-corrected chi connectivity index (χ0v) is 7.29. The molecule has 0 aliphatic rings. The van der Waals surface area contributed by atoms with E-state index in [-0.39, 0.29) is 0 Å². The Kier molecular flexibility index (Phi) is 2.69. The first-order valence-corrected chi connectivity index (χ1v) is 3.77. The summed E-state index contributed by atoms with van der Waals surface area (Å²) in [5.41, 5.74) is -0.482. The highest BCUT2D eigenvalue weighted by Gasteiger charge is 2.26. The van der Waals surface area contributed by atoms with Crippen molar-refractivity contribution in [1.29, 1.82) is 0 Å². The smallest absolute Gasteiger partial charge is 0.272 e. The molecule has 0 saturated carbocycles. The molecule has 0 aromatic heterocycles. The molecule has 0 heterocycles. The van der Waals surface area contributed by atoms with Crippen molar-refractivity contribution in [3.05, 3.63) is 29.8 Å². The molecular formula is C9H7F2O3-. The van der Waals surface area contributed by atoms with Gasteiger partial charge in [-0.2, -0.15) is 0 Å². The van der Waals surface area contributed by atoms with Crippen LogP contribution in [0.5, 0.6) is 5.75 Å². The van der Waals surface area contributed by atoms with Crippen LogP contribution in [-0.2, 0) is 5.92 Å². The lowest BCUT2D eigenvalue weighted by Gasteiger charge is -2.17. The van der Waals surface area contributed by atoms with Gasteiger partial charge in [0.25, 0.3) is 12.1 Å². The number of benzene rings is 1. The molecule has 1 rings (SSSR count). The molecule has 0 N–H and O–H groups in total. The Hall–Kier alpha value is -1.65. The first kappa shape index (κ1) is 10.4. The number of halogens is 2. The number of alkyl halides is 2. The predicted molar refractivity (Wildman–Crippen MR) is 42.0 cm³/mol. The molecule has 0 spiro atoms. The summed E-state index contributed by atoms with van der Waals surface area (Å²) in [5.74, 6) is -3.55. The molecule has 5 heteroatoms. The van der Waals surface area contributed by atoms with Gasteiger partial charge in [0, 0.05) is 12.5 Å². The van der Waals surface area contributed by atoms with E-state index in [2.05, 4.69) is 4.74 Å². The van der Waals surface area contributed by atoms with Crippen LogP contribution in [0.3, 0.4) is 0 Å². The van der Waals surface area contributed by atoms with Crippen molar-refractivity contribution in [3.63, 3.8) is 0 Å². The molecule has 0 saturated heterocycles. The van der Waals surface area contributed by atoms with E-state index in [1.54, 1.807) is 0 Å². The Balaban J connectivity index is 3.10. The van der Waals surface area contributed by atoms with Gasteiger partial charge in [0.15, 0.2) is 0 Å². The highest BCUT2D eigenvalue weighted by atomic mass is 19.3. The van der Waals surface area contributed by atoms with Crippen molar-refractivity contribution >= 4 is 6.16 Å². The van der Waals surface area contributed by atoms with E-state index in [1.807, 2.05) is 0 Å². The number of carboxylic acid groups (broad SMARTS) is 1. The second-order valence-corrected chi connectivity index (χ2v) is 2.74. The third-order valence-corrected chi connectivity index (χ3v) is 1.55. The van der Waals surface area contributed by atoms with Crippen molar-refractivity contribution in [2.24, 2.45) is 0 Å². The Morgan fingerprint density at radius 2 is 2.00 bits per heavy atom. The molecule has 0 unspecified atom stereocenters. The van der Waals surface area contributed by atoms with E-state index in [1.165, 1.54) is 12.1 Å². The molecule has 1 aromatic carbocycles. The average molecular weight is 201 g/mol. The van der Waals surface area contributed by atoms with Crippen molar-refractivity contribution < 1.29 is 23.4 Å². The number of para-hydroxylation sites is 1. The second-order valence-electron chi connectivity index (χ2n) is 2.74. The van der Waals surface area contributed by atoms with Crippen LogP contribution in [0.1, 0.15) is 12.5 Å². The van der Waals surface area contributed by atoms with E-state index in [0.29, 0.717) is 6.92 Å². The molecule has 0 amide bonds. The highest BCUT2D eigenvalue weighted by Crippen LogP contribution is 2.33. The molecule has 0 atom stereocenters. The van der Waals surface area contributed by atoms with Crippen LogP contribution in [0.15, 0.2) is 24.3 Å². The molecule has 0 aliphatic heterocycles. The van der Waals surface area contributed by atoms with Crippen molar-refractivity contribution in [2.45, 2.75) is 12.8 Å². The highest BCUT2D eigenvalue weighted by molar-refractivity contribution is 5.60. The van der Waals surface area contributed by atoms with Crippen molar-refractivity contribution in [2.75, 3.05) is 0 Å². The predicted octanol–water partition coefficient (Wildman–Crippen LogP) is 1.52. The van der Waals surface area contributed by atoms with Crippen LogP contribution in [0.25, 0.3) is 0 Å². The Labute approximate surface area is 78.9 Å². The topological polar surface area (TPSA) is 49.4 Å². The van der Waals surface area contributed by atoms with Gasteiger partial charge in [0.2, 0.25) is 0 Å². The zero-order chi connectivity index (χ0) is 10.8. The van der Waals surface area contributed by atoms with E-state index in [9.17, 15) is 18.7 Å². The number of hydrogen-bond acceptors (Lipinski definition) is 3. The first-order chi connectivity index (χ1) is 6.41. The third-order valence-electron chi connectivity index (χ3n) is 1.55. The van der Waals surface area contributed by atoms with Crippen LogP contribution in [0, 0.1) is 0 Å². The number of carbonyl (C=O) groups is 1. The monoisotopic (exact) mass is 201 g/mol. The normalized spacial score (nSPS) is 11.1. The molecule has 76 valence electrons. The largest absolute Gasteiger partial charge is 0.514 e. The van der Waals surface area contributed by atoms with Gasteiger partial charge in [-0.25, -0.2) is 8.78 Å². The fourth-order valence-electron chi connectivity index (χ4n) is 1.01. The Morgan fingerprint density at radius 3 is 2.50 bits per heavy atom. The molecule has 0 fully saturated rings. The summed E-state index contributed by atoms with van der Waals surface area (Å²) in [7, 11) is 0. The summed E-state index contributed by atoms with van der Waals surface area (Å²) in [6.45, 7) is 0.657. The lowest BCUT2D eigenvalue weighted by atomic mass is 10.1. The Bertz CT molecular complexity index is 344. The van der Waals surface area contributed by atoms with E-state index >= 15 is 0 Å². The van der Waals surface area contributed by atoms with Gasteiger partial charge in [0.1, 0.15) is 0 Å². The molecule has 0 radical (unpaired) electrons. The lowest BCUT2D eigenvalue weighted by molar-refractivity contribution is -0.271. The van der Waals surface area contributed by atoms with Crippen LogP contribution in [-0.4, -0.2) is 6.16 Å². The fourth-order valence-corrected chi connectivity index (χ4v) is 1.01. The molecule has 0 aliphatic carbocycles. The first-order valence-electron chi connectivity index (χ1n) is 3.77. The minimum atomic E-state index is -3.15. The molecule has 0 bridgehead atoms. The summed E-state index contributed by atoms with van der Waals surface area (Å²) in [4.78, 5) is 10.1. The molecule has 1 aromatic rings. The van der Waals surface area contributed by atoms with Gasteiger partial charge in [-0.05, 0) is 6.07 Å². The minimum absolute atomic E-state index is 0.403. The summed E-state index contributed by atoms with van der Waals surface area (Å²) >= 11 is 0. The third kappa shape index (κ3) is 2.42. The summed E-state index contributed by atoms with van der Waals surface area (Å²) < 4.78 is 29.8. The molecular weight excluding hydrogens is 194 g/mol. The van der Waals surface area contributed by atoms with Crippen LogP contribution in [0.4, 0.5) is 13.6 Å². The summed E-state index contributed by atoms with van der Waals surface area (Å²) in [5, 5.41) is 10.1. The van der Waals surface area contributed by atoms with E-state index < -0.39 is 23.4 Å².